The first-order valence-electron chi connectivity index (χ1n) is 9.85. The predicted octanol–water partition coefficient (Wildman–Crippen LogP) is 3.99. The number of rotatable bonds is 6. The summed E-state index contributed by atoms with van der Waals surface area (Å²) in [5.41, 5.74) is 6.10. The molecule has 0 N–H and O–H groups in total. The van der Waals surface area contributed by atoms with Crippen LogP contribution < -0.4 is 4.74 Å². The van der Waals surface area contributed by atoms with Gasteiger partial charge in [-0.05, 0) is 42.3 Å². The fourth-order valence-electron chi connectivity index (χ4n) is 3.48. The lowest BCUT2D eigenvalue weighted by Crippen LogP contribution is -2.48. The summed E-state index contributed by atoms with van der Waals surface area (Å²) in [6.07, 6.45) is 0. The summed E-state index contributed by atoms with van der Waals surface area (Å²) in [6, 6.07) is 15.9. The smallest absolute Gasteiger partial charge is 0.253 e. The Morgan fingerprint density at radius 2 is 1.83 bits per heavy atom. The number of ether oxygens (including phenoxy) is 1. The molecule has 0 atom stereocenters. The van der Waals surface area contributed by atoms with Crippen molar-refractivity contribution in [2.45, 2.75) is 20.1 Å². The SMILES string of the molecule is Cc1ccccc1CN1CCN(C(=O)c2ccc(OCc3cscn3)cc2)CC1. The van der Waals surface area contributed by atoms with E-state index in [4.69, 9.17) is 4.74 Å². The van der Waals surface area contributed by atoms with E-state index in [2.05, 4.69) is 41.1 Å². The molecule has 5 nitrogen and oxygen atoms in total. The van der Waals surface area contributed by atoms with E-state index in [-0.39, 0.29) is 5.91 Å². The number of amides is 1. The van der Waals surface area contributed by atoms with Crippen LogP contribution in [0.15, 0.2) is 59.4 Å². The molecule has 1 aliphatic rings. The van der Waals surface area contributed by atoms with Crippen molar-refractivity contribution >= 4 is 17.2 Å². The van der Waals surface area contributed by atoms with Crippen LogP contribution in [0.4, 0.5) is 0 Å². The molecule has 1 amide bonds. The van der Waals surface area contributed by atoms with Gasteiger partial charge in [0.15, 0.2) is 0 Å². The fourth-order valence-corrected chi connectivity index (χ4v) is 4.02. The van der Waals surface area contributed by atoms with Crippen molar-refractivity contribution in [3.8, 4) is 5.75 Å². The van der Waals surface area contributed by atoms with Crippen LogP contribution in [-0.4, -0.2) is 46.9 Å². The van der Waals surface area contributed by atoms with Crippen molar-refractivity contribution in [2.75, 3.05) is 26.2 Å². The molecule has 0 aliphatic carbocycles. The van der Waals surface area contributed by atoms with Gasteiger partial charge in [0.1, 0.15) is 12.4 Å². The molecule has 2 aromatic carbocycles. The summed E-state index contributed by atoms with van der Waals surface area (Å²) in [4.78, 5) is 21.4. The van der Waals surface area contributed by atoms with E-state index in [0.717, 1.165) is 44.2 Å². The maximum Gasteiger partial charge on any atom is 0.253 e. The van der Waals surface area contributed by atoms with Crippen molar-refractivity contribution in [1.82, 2.24) is 14.8 Å². The van der Waals surface area contributed by atoms with Crippen LogP contribution in [0.25, 0.3) is 0 Å². The van der Waals surface area contributed by atoms with Gasteiger partial charge in [-0.1, -0.05) is 24.3 Å². The first kappa shape index (κ1) is 19.6. The standard InChI is InChI=1S/C23H25N3O2S/c1-18-4-2-3-5-20(18)14-25-10-12-26(13-11-25)23(27)19-6-8-22(9-7-19)28-15-21-16-29-17-24-21/h2-9,16-17H,10-15H2,1H3. The zero-order valence-corrected chi connectivity index (χ0v) is 17.4. The largest absolute Gasteiger partial charge is 0.487 e. The zero-order chi connectivity index (χ0) is 20.1. The monoisotopic (exact) mass is 407 g/mol. The van der Waals surface area contributed by atoms with E-state index in [1.807, 2.05) is 34.5 Å². The van der Waals surface area contributed by atoms with Crippen molar-refractivity contribution in [3.05, 3.63) is 81.8 Å². The van der Waals surface area contributed by atoms with Gasteiger partial charge < -0.3 is 9.64 Å². The van der Waals surface area contributed by atoms with Crippen LogP contribution in [0.5, 0.6) is 5.75 Å². The Hall–Kier alpha value is -2.70. The summed E-state index contributed by atoms with van der Waals surface area (Å²) in [5.74, 6) is 0.837. The predicted molar refractivity (Wildman–Crippen MR) is 115 cm³/mol. The molecule has 2 heterocycles. The van der Waals surface area contributed by atoms with Gasteiger partial charge in [0.05, 0.1) is 11.2 Å². The first-order chi connectivity index (χ1) is 14.2. The van der Waals surface area contributed by atoms with Gasteiger partial charge in [0, 0.05) is 43.7 Å². The molecule has 0 spiro atoms. The molecule has 3 aromatic rings. The molecule has 6 heteroatoms. The summed E-state index contributed by atoms with van der Waals surface area (Å²) in [7, 11) is 0. The van der Waals surface area contributed by atoms with Gasteiger partial charge in [0.2, 0.25) is 0 Å². The summed E-state index contributed by atoms with van der Waals surface area (Å²) < 4.78 is 5.72. The molecule has 1 aliphatic heterocycles. The second-order valence-corrected chi connectivity index (χ2v) is 8.01. The van der Waals surface area contributed by atoms with Crippen LogP contribution in [-0.2, 0) is 13.2 Å². The normalized spacial score (nSPS) is 14.7. The van der Waals surface area contributed by atoms with Gasteiger partial charge in [-0.3, -0.25) is 9.69 Å². The van der Waals surface area contributed by atoms with Crippen molar-refractivity contribution in [1.29, 1.82) is 0 Å². The highest BCUT2D eigenvalue weighted by Gasteiger charge is 2.22. The number of aryl methyl sites for hydroxylation is 1. The maximum absolute atomic E-state index is 12.8. The number of aromatic nitrogens is 1. The quantitative estimate of drug-likeness (QED) is 0.620. The Labute approximate surface area is 175 Å². The molecule has 0 bridgehead atoms. The Balaban J connectivity index is 1.28. The first-order valence-corrected chi connectivity index (χ1v) is 10.8. The molecule has 1 saturated heterocycles. The Bertz CT molecular complexity index is 933. The van der Waals surface area contributed by atoms with Crippen LogP contribution in [0.2, 0.25) is 0 Å². The zero-order valence-electron chi connectivity index (χ0n) is 16.6. The number of hydrogen-bond acceptors (Lipinski definition) is 5. The lowest BCUT2D eigenvalue weighted by Gasteiger charge is -2.35. The van der Waals surface area contributed by atoms with Crippen molar-refractivity contribution < 1.29 is 9.53 Å². The molecule has 0 radical (unpaired) electrons. The lowest BCUT2D eigenvalue weighted by atomic mass is 10.1. The number of carbonyl (C=O) groups excluding carboxylic acids is 1. The van der Waals surface area contributed by atoms with E-state index in [1.165, 1.54) is 11.1 Å². The highest BCUT2D eigenvalue weighted by molar-refractivity contribution is 7.07. The highest BCUT2D eigenvalue weighted by Crippen LogP contribution is 2.17. The number of carbonyl (C=O) groups is 1. The third-order valence-corrected chi connectivity index (χ3v) is 5.92. The maximum atomic E-state index is 12.8. The van der Waals surface area contributed by atoms with Gasteiger partial charge >= 0.3 is 0 Å². The highest BCUT2D eigenvalue weighted by atomic mass is 32.1. The number of thiazole rings is 1. The summed E-state index contributed by atoms with van der Waals surface area (Å²) in [5, 5.41) is 1.97. The van der Waals surface area contributed by atoms with Gasteiger partial charge in [0.25, 0.3) is 5.91 Å². The third kappa shape index (κ3) is 5.02. The molecule has 0 unspecified atom stereocenters. The second-order valence-electron chi connectivity index (χ2n) is 7.29. The molecule has 1 aromatic heterocycles. The molecular formula is C23H25N3O2S. The second kappa shape index (κ2) is 9.20. The Kier molecular flexibility index (Phi) is 6.22. The molecule has 29 heavy (non-hydrogen) atoms. The molecule has 1 fully saturated rings. The van der Waals surface area contributed by atoms with Crippen LogP contribution in [0.1, 0.15) is 27.2 Å². The van der Waals surface area contributed by atoms with E-state index < -0.39 is 0 Å². The summed E-state index contributed by atoms with van der Waals surface area (Å²) >= 11 is 1.55. The minimum absolute atomic E-state index is 0.0894. The number of nitrogens with zero attached hydrogens (tertiary/aromatic N) is 3. The van der Waals surface area contributed by atoms with E-state index in [1.54, 1.807) is 16.8 Å². The van der Waals surface area contributed by atoms with E-state index in [9.17, 15) is 4.79 Å². The third-order valence-electron chi connectivity index (χ3n) is 5.29. The van der Waals surface area contributed by atoms with Crippen LogP contribution in [0, 0.1) is 6.92 Å². The Morgan fingerprint density at radius 3 is 2.52 bits per heavy atom. The van der Waals surface area contributed by atoms with Crippen molar-refractivity contribution in [3.63, 3.8) is 0 Å². The van der Waals surface area contributed by atoms with E-state index in [0.29, 0.717) is 12.2 Å². The topological polar surface area (TPSA) is 45.7 Å². The molecular weight excluding hydrogens is 382 g/mol. The molecule has 150 valence electrons. The minimum Gasteiger partial charge on any atom is -0.487 e. The number of hydrogen-bond donors (Lipinski definition) is 0. The molecule has 0 saturated carbocycles. The van der Waals surface area contributed by atoms with Gasteiger partial charge in [-0.2, -0.15) is 0 Å². The fraction of sp³-hybridized carbons (Fsp3) is 0.304. The van der Waals surface area contributed by atoms with Gasteiger partial charge in [-0.15, -0.1) is 11.3 Å². The average molecular weight is 408 g/mol. The summed E-state index contributed by atoms with van der Waals surface area (Å²) in [6.45, 7) is 6.85. The molecule has 4 rings (SSSR count). The lowest BCUT2D eigenvalue weighted by molar-refractivity contribution is 0.0628. The minimum atomic E-state index is 0.0894. The Morgan fingerprint density at radius 1 is 1.07 bits per heavy atom. The van der Waals surface area contributed by atoms with E-state index >= 15 is 0 Å². The number of piperazine rings is 1. The van der Waals surface area contributed by atoms with Gasteiger partial charge in [-0.25, -0.2) is 4.98 Å². The van der Waals surface area contributed by atoms with Crippen LogP contribution in [0.3, 0.4) is 0 Å². The van der Waals surface area contributed by atoms with Crippen LogP contribution >= 0.6 is 11.3 Å². The number of benzene rings is 2. The average Bonchev–Trinajstić information content (AvgIpc) is 3.28. The van der Waals surface area contributed by atoms with Crippen molar-refractivity contribution in [2.24, 2.45) is 0 Å².